The van der Waals surface area contributed by atoms with Gasteiger partial charge in [-0.05, 0) is 31.4 Å². The average Bonchev–Trinajstić information content (AvgIpc) is 2.47. The summed E-state index contributed by atoms with van der Waals surface area (Å²) in [6.45, 7) is 5.84. The first kappa shape index (κ1) is 18.0. The number of hydrogen-bond donors (Lipinski definition) is 0. The Morgan fingerprint density at radius 3 is 2.18 bits per heavy atom. The molecule has 0 fully saturated rings. The topological polar surface area (TPSA) is 61.8 Å². The van der Waals surface area contributed by atoms with Crippen LogP contribution in [0.4, 0.5) is 0 Å². The fourth-order valence-corrected chi connectivity index (χ4v) is 1.66. The lowest BCUT2D eigenvalue weighted by Crippen LogP contribution is -2.20. The molecule has 5 heteroatoms. The number of esters is 2. The fraction of sp³-hybridized carbons (Fsp3) is 0.529. The lowest BCUT2D eigenvalue weighted by molar-refractivity contribution is -0.150. The van der Waals surface area contributed by atoms with Crippen LogP contribution in [0.15, 0.2) is 24.3 Å². The van der Waals surface area contributed by atoms with E-state index < -0.39 is 5.97 Å². The Kier molecular flexibility index (Phi) is 7.43. The second kappa shape index (κ2) is 9.07. The van der Waals surface area contributed by atoms with Gasteiger partial charge in [-0.25, -0.2) is 0 Å². The molecule has 0 saturated carbocycles. The van der Waals surface area contributed by atoms with E-state index in [1.807, 2.05) is 20.8 Å². The smallest absolute Gasteiger partial charge is 0.311 e. The Labute approximate surface area is 131 Å². The summed E-state index contributed by atoms with van der Waals surface area (Å²) in [6.07, 6.45) is 0.645. The minimum Gasteiger partial charge on any atom is -0.493 e. The third-order valence-corrected chi connectivity index (χ3v) is 3.31. The van der Waals surface area contributed by atoms with E-state index in [4.69, 9.17) is 14.2 Å². The predicted octanol–water partition coefficient (Wildman–Crippen LogP) is 3.36. The Morgan fingerprint density at radius 2 is 1.59 bits per heavy atom. The number of carbonyl (C=O) groups excluding carboxylic acids is 2. The molecule has 0 N–H and O–H groups in total. The molecular formula is C17H24O5. The molecule has 0 aromatic heterocycles. The van der Waals surface area contributed by atoms with Gasteiger partial charge < -0.3 is 14.2 Å². The number of benzene rings is 1. The van der Waals surface area contributed by atoms with Gasteiger partial charge in [0.15, 0.2) is 11.5 Å². The average molecular weight is 308 g/mol. The highest BCUT2D eigenvalue weighted by Crippen LogP contribution is 2.26. The SMILES string of the molecule is COc1ccccc1OC(=O)CCCC(=O)OC(C)C(C)C. The van der Waals surface area contributed by atoms with E-state index in [9.17, 15) is 9.59 Å². The van der Waals surface area contributed by atoms with E-state index in [0.29, 0.717) is 17.9 Å². The maximum Gasteiger partial charge on any atom is 0.311 e. The third-order valence-electron chi connectivity index (χ3n) is 3.31. The maximum absolute atomic E-state index is 11.8. The van der Waals surface area contributed by atoms with E-state index >= 15 is 0 Å². The van der Waals surface area contributed by atoms with Crippen LogP contribution in [0.3, 0.4) is 0 Å². The standard InChI is InChI=1S/C17H24O5/c1-12(2)13(3)21-16(18)10-7-11-17(19)22-15-9-6-5-8-14(15)20-4/h5-6,8-9,12-13H,7,10-11H2,1-4H3. The summed E-state index contributed by atoms with van der Waals surface area (Å²) < 4.78 is 15.6. The summed E-state index contributed by atoms with van der Waals surface area (Å²) in [5.41, 5.74) is 0. The summed E-state index contributed by atoms with van der Waals surface area (Å²) >= 11 is 0. The zero-order valence-electron chi connectivity index (χ0n) is 13.6. The monoisotopic (exact) mass is 308 g/mol. The van der Waals surface area contributed by atoms with Crippen molar-refractivity contribution in [2.45, 2.75) is 46.1 Å². The molecular weight excluding hydrogens is 284 g/mol. The van der Waals surface area contributed by atoms with Crippen molar-refractivity contribution in [2.75, 3.05) is 7.11 Å². The van der Waals surface area contributed by atoms with Gasteiger partial charge in [-0.1, -0.05) is 26.0 Å². The molecule has 22 heavy (non-hydrogen) atoms. The molecule has 5 nitrogen and oxygen atoms in total. The van der Waals surface area contributed by atoms with Crippen LogP contribution in [-0.2, 0) is 14.3 Å². The first-order valence-electron chi connectivity index (χ1n) is 7.47. The summed E-state index contributed by atoms with van der Waals surface area (Å²) in [7, 11) is 1.51. The van der Waals surface area contributed by atoms with Crippen molar-refractivity contribution >= 4 is 11.9 Å². The minimum absolute atomic E-state index is 0.118. The molecule has 0 amide bonds. The molecule has 1 aromatic carbocycles. The lowest BCUT2D eigenvalue weighted by Gasteiger charge is -2.16. The summed E-state index contributed by atoms with van der Waals surface area (Å²) in [6, 6.07) is 6.93. The van der Waals surface area contributed by atoms with Crippen LogP contribution in [0.25, 0.3) is 0 Å². The van der Waals surface area contributed by atoms with E-state index in [1.54, 1.807) is 24.3 Å². The number of methoxy groups -OCH3 is 1. The molecule has 1 aromatic rings. The normalized spacial score (nSPS) is 11.9. The largest absolute Gasteiger partial charge is 0.493 e. The molecule has 0 aliphatic rings. The molecule has 1 rings (SSSR count). The van der Waals surface area contributed by atoms with E-state index in [2.05, 4.69) is 0 Å². The number of ether oxygens (including phenoxy) is 3. The van der Waals surface area contributed by atoms with Gasteiger partial charge in [0, 0.05) is 12.8 Å². The predicted molar refractivity (Wildman–Crippen MR) is 82.9 cm³/mol. The molecule has 0 aliphatic heterocycles. The molecule has 0 bridgehead atoms. The van der Waals surface area contributed by atoms with Gasteiger partial charge in [0.1, 0.15) is 6.10 Å². The summed E-state index contributed by atoms with van der Waals surface area (Å²) in [5.74, 6) is 0.479. The Hall–Kier alpha value is -2.04. The van der Waals surface area contributed by atoms with Gasteiger partial charge in [-0.2, -0.15) is 0 Å². The van der Waals surface area contributed by atoms with Crippen molar-refractivity contribution in [3.8, 4) is 11.5 Å². The molecule has 1 atom stereocenters. The molecule has 0 heterocycles. The van der Waals surface area contributed by atoms with Crippen molar-refractivity contribution in [3.05, 3.63) is 24.3 Å². The van der Waals surface area contributed by atoms with Crippen molar-refractivity contribution < 1.29 is 23.8 Å². The Morgan fingerprint density at radius 1 is 1.00 bits per heavy atom. The highest BCUT2D eigenvalue weighted by atomic mass is 16.6. The van der Waals surface area contributed by atoms with Crippen LogP contribution >= 0.6 is 0 Å². The van der Waals surface area contributed by atoms with Crippen LogP contribution < -0.4 is 9.47 Å². The number of carbonyl (C=O) groups is 2. The van der Waals surface area contributed by atoms with Gasteiger partial charge in [-0.15, -0.1) is 0 Å². The highest BCUT2D eigenvalue weighted by molar-refractivity contribution is 5.74. The number of hydrogen-bond acceptors (Lipinski definition) is 5. The maximum atomic E-state index is 11.8. The van der Waals surface area contributed by atoms with E-state index in [-0.39, 0.29) is 30.8 Å². The Balaban J connectivity index is 2.33. The van der Waals surface area contributed by atoms with Gasteiger partial charge in [0.05, 0.1) is 7.11 Å². The third kappa shape index (κ3) is 6.16. The van der Waals surface area contributed by atoms with Crippen LogP contribution in [0.2, 0.25) is 0 Å². The first-order valence-corrected chi connectivity index (χ1v) is 7.47. The number of para-hydroxylation sites is 2. The van der Waals surface area contributed by atoms with Crippen LogP contribution in [0.5, 0.6) is 11.5 Å². The van der Waals surface area contributed by atoms with Gasteiger partial charge in [-0.3, -0.25) is 9.59 Å². The van der Waals surface area contributed by atoms with Gasteiger partial charge in [0.25, 0.3) is 0 Å². The second-order valence-corrected chi connectivity index (χ2v) is 5.42. The second-order valence-electron chi connectivity index (χ2n) is 5.42. The molecule has 1 unspecified atom stereocenters. The zero-order chi connectivity index (χ0) is 16.5. The van der Waals surface area contributed by atoms with Crippen LogP contribution in [-0.4, -0.2) is 25.2 Å². The van der Waals surface area contributed by atoms with Crippen molar-refractivity contribution in [1.29, 1.82) is 0 Å². The van der Waals surface area contributed by atoms with Crippen LogP contribution in [0.1, 0.15) is 40.0 Å². The molecule has 122 valence electrons. The Bertz CT molecular complexity index is 496. The minimum atomic E-state index is -0.394. The van der Waals surface area contributed by atoms with Crippen molar-refractivity contribution in [1.82, 2.24) is 0 Å². The van der Waals surface area contributed by atoms with Crippen LogP contribution in [0, 0.1) is 5.92 Å². The van der Waals surface area contributed by atoms with Gasteiger partial charge >= 0.3 is 11.9 Å². The van der Waals surface area contributed by atoms with Crippen molar-refractivity contribution in [3.63, 3.8) is 0 Å². The molecule has 0 aliphatic carbocycles. The van der Waals surface area contributed by atoms with E-state index in [1.165, 1.54) is 7.11 Å². The van der Waals surface area contributed by atoms with Crippen molar-refractivity contribution in [2.24, 2.45) is 5.92 Å². The first-order chi connectivity index (χ1) is 10.4. The number of rotatable bonds is 8. The summed E-state index contributed by atoms with van der Waals surface area (Å²) in [5, 5.41) is 0. The zero-order valence-corrected chi connectivity index (χ0v) is 13.6. The fourth-order valence-electron chi connectivity index (χ4n) is 1.66. The quantitative estimate of drug-likeness (QED) is 0.544. The summed E-state index contributed by atoms with van der Waals surface area (Å²) in [4.78, 5) is 23.4. The molecule has 0 radical (unpaired) electrons. The molecule has 0 saturated heterocycles. The highest BCUT2D eigenvalue weighted by Gasteiger charge is 2.14. The lowest BCUT2D eigenvalue weighted by atomic mass is 10.1. The van der Waals surface area contributed by atoms with Gasteiger partial charge in [0.2, 0.25) is 0 Å². The van der Waals surface area contributed by atoms with E-state index in [0.717, 1.165) is 0 Å². The molecule has 0 spiro atoms.